The van der Waals surface area contributed by atoms with Gasteiger partial charge < -0.3 is 11.1 Å². The van der Waals surface area contributed by atoms with Gasteiger partial charge in [-0.05, 0) is 57.7 Å². The Bertz CT molecular complexity index is 650. The van der Waals surface area contributed by atoms with E-state index in [1.807, 2.05) is 0 Å². The van der Waals surface area contributed by atoms with E-state index in [2.05, 4.69) is 10.0 Å². The lowest BCUT2D eigenvalue weighted by Gasteiger charge is -2.28. The van der Waals surface area contributed by atoms with Crippen LogP contribution in [-0.4, -0.2) is 25.6 Å². The molecule has 128 valence electrons. The van der Waals surface area contributed by atoms with E-state index in [1.54, 1.807) is 38.1 Å². The van der Waals surface area contributed by atoms with Crippen LogP contribution in [0.5, 0.6) is 0 Å². The Morgan fingerprint density at radius 2 is 1.87 bits per heavy atom. The van der Waals surface area contributed by atoms with Crippen LogP contribution in [0.25, 0.3) is 0 Å². The van der Waals surface area contributed by atoms with Gasteiger partial charge in [0.15, 0.2) is 0 Å². The Balaban J connectivity index is 1.85. The molecule has 0 atom stereocenters. The maximum absolute atomic E-state index is 12.3. The highest BCUT2D eigenvalue weighted by Gasteiger charge is 2.29. The van der Waals surface area contributed by atoms with Gasteiger partial charge in [0.25, 0.3) is 0 Å². The first-order chi connectivity index (χ1) is 10.8. The van der Waals surface area contributed by atoms with Crippen LogP contribution in [0.15, 0.2) is 24.3 Å². The van der Waals surface area contributed by atoms with Crippen LogP contribution >= 0.6 is 0 Å². The minimum absolute atomic E-state index is 0.0271. The van der Waals surface area contributed by atoms with Crippen LogP contribution in [0.1, 0.15) is 39.5 Å². The van der Waals surface area contributed by atoms with Gasteiger partial charge in [-0.15, -0.1) is 0 Å². The van der Waals surface area contributed by atoms with Crippen molar-refractivity contribution in [2.24, 2.45) is 5.92 Å². The fourth-order valence-electron chi connectivity index (χ4n) is 2.70. The van der Waals surface area contributed by atoms with Gasteiger partial charge in [-0.2, -0.15) is 0 Å². The second-order valence-corrected chi connectivity index (χ2v) is 8.64. The molecule has 2 rings (SSSR count). The Kier molecular flexibility index (Phi) is 5.64. The monoisotopic (exact) mass is 339 g/mol. The minimum atomic E-state index is -3.25. The smallest absolute Gasteiger partial charge is 0.227 e. The summed E-state index contributed by atoms with van der Waals surface area (Å²) in [5.74, 6) is -0.114. The second-order valence-electron chi connectivity index (χ2n) is 6.37. The van der Waals surface area contributed by atoms with Gasteiger partial charge >= 0.3 is 0 Å². The van der Waals surface area contributed by atoms with Crippen molar-refractivity contribution in [1.29, 1.82) is 0 Å². The summed E-state index contributed by atoms with van der Waals surface area (Å²) in [4.78, 5) is 12.3. The number of hydrogen-bond donors (Lipinski definition) is 3. The molecule has 0 heterocycles. The van der Waals surface area contributed by atoms with E-state index < -0.39 is 15.3 Å². The molecule has 1 aromatic carbocycles. The summed E-state index contributed by atoms with van der Waals surface area (Å²) < 4.78 is 26.5. The molecular weight excluding hydrogens is 314 g/mol. The average Bonchev–Trinajstić information content (AvgIpc) is 2.47. The van der Waals surface area contributed by atoms with Crippen LogP contribution in [-0.2, 0) is 14.8 Å². The number of carbonyl (C=O) groups is 1. The Morgan fingerprint density at radius 1 is 1.22 bits per heavy atom. The van der Waals surface area contributed by atoms with E-state index >= 15 is 0 Å². The number of hydrogen-bond acceptors (Lipinski definition) is 4. The first-order valence-corrected chi connectivity index (χ1v) is 9.50. The topological polar surface area (TPSA) is 101 Å². The van der Waals surface area contributed by atoms with Crippen LogP contribution in [0.4, 0.5) is 11.4 Å². The number of nitrogen functional groups attached to an aromatic ring is 1. The molecule has 0 radical (unpaired) electrons. The van der Waals surface area contributed by atoms with Crippen molar-refractivity contribution in [2.75, 3.05) is 11.1 Å². The van der Waals surface area contributed by atoms with Crippen molar-refractivity contribution < 1.29 is 13.2 Å². The van der Waals surface area contributed by atoms with E-state index in [1.165, 1.54) is 0 Å². The maximum Gasteiger partial charge on any atom is 0.227 e. The largest absolute Gasteiger partial charge is 0.399 e. The summed E-state index contributed by atoms with van der Waals surface area (Å²) in [6.45, 7) is 3.32. The highest BCUT2D eigenvalue weighted by molar-refractivity contribution is 7.90. The molecule has 1 saturated carbocycles. The molecule has 7 heteroatoms. The van der Waals surface area contributed by atoms with Crippen LogP contribution in [0, 0.1) is 5.92 Å². The number of amides is 1. The standard InChI is InChI=1S/C16H25N3O3S/c1-11(2)23(21,22)19-14-8-6-12(7-9-14)16(20)18-15-5-3-4-13(17)10-15/h3-5,10-12,14,19H,6-9,17H2,1-2H3,(H,18,20). The molecule has 1 fully saturated rings. The summed E-state index contributed by atoms with van der Waals surface area (Å²) in [5.41, 5.74) is 7.00. The number of benzene rings is 1. The van der Waals surface area contributed by atoms with Gasteiger partial charge in [-0.3, -0.25) is 4.79 Å². The molecule has 0 aromatic heterocycles. The van der Waals surface area contributed by atoms with E-state index in [9.17, 15) is 13.2 Å². The highest BCUT2D eigenvalue weighted by atomic mass is 32.2. The van der Waals surface area contributed by atoms with Gasteiger partial charge in [0.2, 0.25) is 15.9 Å². The molecule has 0 bridgehead atoms. The lowest BCUT2D eigenvalue weighted by molar-refractivity contribution is -0.120. The van der Waals surface area contributed by atoms with E-state index in [4.69, 9.17) is 5.73 Å². The predicted molar refractivity (Wildman–Crippen MR) is 92.4 cm³/mol. The molecule has 0 unspecified atom stereocenters. The molecule has 0 saturated heterocycles. The Morgan fingerprint density at radius 3 is 2.43 bits per heavy atom. The fraction of sp³-hybridized carbons (Fsp3) is 0.562. The van der Waals surface area contributed by atoms with Gasteiger partial charge in [0.1, 0.15) is 0 Å². The number of nitrogens with two attached hydrogens (primary N) is 1. The Labute approximate surface area is 137 Å². The highest BCUT2D eigenvalue weighted by Crippen LogP contribution is 2.26. The van der Waals surface area contributed by atoms with Gasteiger partial charge in [0, 0.05) is 23.3 Å². The van der Waals surface area contributed by atoms with Crippen LogP contribution < -0.4 is 15.8 Å². The summed E-state index contributed by atoms with van der Waals surface area (Å²) in [6.07, 6.45) is 2.72. The van der Waals surface area contributed by atoms with Crippen molar-refractivity contribution in [2.45, 2.75) is 50.8 Å². The lowest BCUT2D eigenvalue weighted by atomic mass is 9.86. The van der Waals surface area contributed by atoms with Crippen LogP contribution in [0.2, 0.25) is 0 Å². The lowest BCUT2D eigenvalue weighted by Crippen LogP contribution is -2.42. The summed E-state index contributed by atoms with van der Waals surface area (Å²) in [6, 6.07) is 7.01. The van der Waals surface area contributed by atoms with Crippen molar-refractivity contribution in [3.63, 3.8) is 0 Å². The molecule has 0 aliphatic heterocycles. The predicted octanol–water partition coefficient (Wildman–Crippen LogP) is 2.09. The first kappa shape index (κ1) is 17.7. The maximum atomic E-state index is 12.3. The summed E-state index contributed by atoms with van der Waals surface area (Å²) in [7, 11) is -3.25. The van der Waals surface area contributed by atoms with Crippen molar-refractivity contribution in [3.05, 3.63) is 24.3 Å². The molecule has 23 heavy (non-hydrogen) atoms. The van der Waals surface area contributed by atoms with Crippen molar-refractivity contribution in [3.8, 4) is 0 Å². The SMILES string of the molecule is CC(C)S(=O)(=O)NC1CCC(C(=O)Nc2cccc(N)c2)CC1. The molecule has 0 spiro atoms. The number of anilines is 2. The fourth-order valence-corrected chi connectivity index (χ4v) is 3.68. The van der Waals surface area contributed by atoms with Gasteiger partial charge in [0.05, 0.1) is 5.25 Å². The first-order valence-electron chi connectivity index (χ1n) is 7.95. The van der Waals surface area contributed by atoms with Crippen molar-refractivity contribution in [1.82, 2.24) is 4.72 Å². The zero-order chi connectivity index (χ0) is 17.0. The number of sulfonamides is 1. The van der Waals surface area contributed by atoms with Gasteiger partial charge in [-0.25, -0.2) is 13.1 Å². The third kappa shape index (κ3) is 4.94. The molecule has 1 amide bonds. The van der Waals surface area contributed by atoms with Crippen molar-refractivity contribution >= 4 is 27.3 Å². The zero-order valence-corrected chi connectivity index (χ0v) is 14.4. The quantitative estimate of drug-likeness (QED) is 0.715. The average molecular weight is 339 g/mol. The molecule has 4 N–H and O–H groups in total. The van der Waals surface area contributed by atoms with E-state index in [0.717, 1.165) is 0 Å². The van der Waals surface area contributed by atoms with Gasteiger partial charge in [-0.1, -0.05) is 6.07 Å². The summed E-state index contributed by atoms with van der Waals surface area (Å²) in [5, 5.41) is 2.44. The third-order valence-electron chi connectivity index (χ3n) is 4.20. The molecule has 6 nitrogen and oxygen atoms in total. The number of carbonyl (C=O) groups excluding carboxylic acids is 1. The second kappa shape index (κ2) is 7.31. The van der Waals surface area contributed by atoms with Crippen LogP contribution in [0.3, 0.4) is 0 Å². The zero-order valence-electron chi connectivity index (χ0n) is 13.6. The molecule has 1 aromatic rings. The number of rotatable bonds is 5. The normalized spacial score (nSPS) is 22.0. The van der Waals surface area contributed by atoms with E-state index in [-0.39, 0.29) is 17.9 Å². The number of nitrogens with one attached hydrogen (secondary N) is 2. The third-order valence-corrected chi connectivity index (χ3v) is 6.11. The Hall–Kier alpha value is -1.60. The minimum Gasteiger partial charge on any atom is -0.399 e. The molecule has 1 aliphatic carbocycles. The molecule has 1 aliphatic rings. The summed E-state index contributed by atoms with van der Waals surface area (Å²) >= 11 is 0. The van der Waals surface area contributed by atoms with E-state index in [0.29, 0.717) is 37.1 Å². The molecular formula is C16H25N3O3S.